The summed E-state index contributed by atoms with van der Waals surface area (Å²) in [5, 5.41) is 0.495. The van der Waals surface area contributed by atoms with Crippen LogP contribution in [-0.4, -0.2) is 94.1 Å². The minimum Gasteiger partial charge on any atom is -0.480 e. The predicted octanol–water partition coefficient (Wildman–Crippen LogP) is 4.21. The van der Waals surface area contributed by atoms with Gasteiger partial charge in [0.1, 0.15) is 11.5 Å². The number of hydrogen-bond donors (Lipinski definition) is 1. The first-order valence-electron chi connectivity index (χ1n) is 15.4. The summed E-state index contributed by atoms with van der Waals surface area (Å²) in [5.74, 6) is 0.146. The Hall–Kier alpha value is -4.40. The first-order chi connectivity index (χ1) is 22.6. The number of fused-ring (bicyclic) bond motifs is 1. The molecule has 2 fully saturated rings. The van der Waals surface area contributed by atoms with Crippen molar-refractivity contribution in [1.29, 1.82) is 0 Å². The van der Waals surface area contributed by atoms with Gasteiger partial charge in [0.15, 0.2) is 0 Å². The zero-order chi connectivity index (χ0) is 33.1. The van der Waals surface area contributed by atoms with Gasteiger partial charge in [-0.1, -0.05) is 12.1 Å². The number of nitrogens with zero attached hydrogens (tertiary/aromatic N) is 5. The molecule has 2 aliphatic rings. The molecule has 0 bridgehead atoms. The maximum atomic E-state index is 15.4. The summed E-state index contributed by atoms with van der Waals surface area (Å²) >= 11 is 0. The zero-order valence-electron chi connectivity index (χ0n) is 26.5. The zero-order valence-corrected chi connectivity index (χ0v) is 27.3. The predicted molar refractivity (Wildman–Crippen MR) is 176 cm³/mol. The van der Waals surface area contributed by atoms with Gasteiger partial charge < -0.3 is 19.1 Å². The normalized spacial score (nSPS) is 16.3. The Morgan fingerprint density at radius 2 is 1.77 bits per heavy atom. The Labute approximate surface area is 272 Å². The molecule has 47 heavy (non-hydrogen) atoms. The average Bonchev–Trinajstić information content (AvgIpc) is 3.07. The number of carbonyl (C=O) groups is 1. The standard InChI is InChI=1S/C33H37FN6O6S/c1-44-31-28(38-47(3,42)43)17-24(19-35-31)29-27-18-26(34)16-25(30(27)37-33(36-29)40-12-14-46-15-13-40)20-39-10-8-22(9-11-39)21-4-6-23(7-5-21)32(41)45-2/h4-7,16-19,22,38H,8-15,20H2,1-3H3. The van der Waals surface area contributed by atoms with Crippen LogP contribution in [0.1, 0.15) is 40.2 Å². The van der Waals surface area contributed by atoms with Gasteiger partial charge in [-0.2, -0.15) is 0 Å². The molecule has 2 saturated heterocycles. The van der Waals surface area contributed by atoms with E-state index in [2.05, 4.69) is 14.6 Å². The Kier molecular flexibility index (Phi) is 9.52. The molecule has 2 aromatic heterocycles. The summed E-state index contributed by atoms with van der Waals surface area (Å²) in [7, 11) is -0.873. The summed E-state index contributed by atoms with van der Waals surface area (Å²) in [5.41, 5.74) is 4.11. The second-order valence-corrected chi connectivity index (χ2v) is 13.5. The highest BCUT2D eigenvalue weighted by molar-refractivity contribution is 7.92. The van der Waals surface area contributed by atoms with Crippen molar-refractivity contribution in [1.82, 2.24) is 19.9 Å². The second-order valence-electron chi connectivity index (χ2n) is 11.8. The van der Waals surface area contributed by atoms with E-state index in [0.29, 0.717) is 72.4 Å². The van der Waals surface area contributed by atoms with E-state index in [4.69, 9.17) is 24.2 Å². The molecule has 4 aromatic rings. The van der Waals surface area contributed by atoms with Crippen LogP contribution in [0.25, 0.3) is 22.2 Å². The quantitative estimate of drug-likeness (QED) is 0.258. The SMILES string of the molecule is COC(=O)c1ccc(C2CCN(Cc3cc(F)cc4c(-c5cnc(OC)c(NS(C)(=O)=O)c5)nc(N5CCOCC5)nc34)CC2)cc1. The highest BCUT2D eigenvalue weighted by Crippen LogP contribution is 2.36. The molecule has 6 rings (SSSR count). The van der Waals surface area contributed by atoms with Crippen LogP contribution < -0.4 is 14.4 Å². The van der Waals surface area contributed by atoms with Crippen LogP contribution >= 0.6 is 0 Å². The first kappa shape index (κ1) is 32.5. The van der Waals surface area contributed by atoms with Gasteiger partial charge in [0.2, 0.25) is 21.9 Å². The molecule has 0 spiro atoms. The number of carbonyl (C=O) groups excluding carboxylic acids is 1. The Morgan fingerprint density at radius 3 is 2.43 bits per heavy atom. The van der Waals surface area contributed by atoms with Gasteiger partial charge >= 0.3 is 5.97 Å². The van der Waals surface area contributed by atoms with Gasteiger partial charge in [-0.05, 0) is 73.3 Å². The maximum absolute atomic E-state index is 15.4. The number of anilines is 2. The van der Waals surface area contributed by atoms with Gasteiger partial charge in [-0.25, -0.2) is 32.6 Å². The fourth-order valence-corrected chi connectivity index (χ4v) is 6.74. The molecular formula is C33H37FN6O6S. The molecule has 0 unspecified atom stereocenters. The third-order valence-corrected chi connectivity index (χ3v) is 9.11. The number of ether oxygens (including phenoxy) is 3. The largest absolute Gasteiger partial charge is 0.480 e. The number of likely N-dealkylation sites (tertiary alicyclic amines) is 1. The van der Waals surface area contributed by atoms with Crippen LogP contribution in [0.15, 0.2) is 48.7 Å². The molecular weight excluding hydrogens is 627 g/mol. The van der Waals surface area contributed by atoms with Gasteiger partial charge in [-0.15, -0.1) is 0 Å². The molecule has 0 aliphatic carbocycles. The number of halogens is 1. The summed E-state index contributed by atoms with van der Waals surface area (Å²) in [6, 6.07) is 12.1. The topological polar surface area (TPSA) is 136 Å². The summed E-state index contributed by atoms with van der Waals surface area (Å²) in [6.07, 6.45) is 4.40. The maximum Gasteiger partial charge on any atom is 0.337 e. The molecule has 248 valence electrons. The fourth-order valence-electron chi connectivity index (χ4n) is 6.19. The van der Waals surface area contributed by atoms with E-state index < -0.39 is 15.8 Å². The summed E-state index contributed by atoms with van der Waals surface area (Å²) in [4.78, 5) is 30.3. The Balaban J connectivity index is 1.33. The number of esters is 1. The van der Waals surface area contributed by atoms with Crippen molar-refractivity contribution in [2.45, 2.75) is 25.3 Å². The number of sulfonamides is 1. The van der Waals surface area contributed by atoms with E-state index in [1.54, 1.807) is 18.2 Å². The number of hydrogen-bond acceptors (Lipinski definition) is 11. The van der Waals surface area contributed by atoms with E-state index in [9.17, 15) is 13.2 Å². The van der Waals surface area contributed by atoms with Crippen LogP contribution in [0, 0.1) is 5.82 Å². The molecule has 0 atom stereocenters. The number of morpholine rings is 1. The van der Waals surface area contributed by atoms with E-state index in [1.165, 1.54) is 38.1 Å². The van der Waals surface area contributed by atoms with E-state index in [-0.39, 0.29) is 17.5 Å². The van der Waals surface area contributed by atoms with E-state index in [1.807, 2.05) is 17.0 Å². The van der Waals surface area contributed by atoms with Crippen molar-refractivity contribution < 1.29 is 31.8 Å². The smallest absolute Gasteiger partial charge is 0.337 e. The lowest BCUT2D eigenvalue weighted by molar-refractivity contribution is 0.0600. The molecule has 0 saturated carbocycles. The minimum absolute atomic E-state index is 0.0978. The van der Waals surface area contributed by atoms with Crippen molar-refractivity contribution in [3.05, 3.63) is 71.2 Å². The number of aromatic nitrogens is 3. The third-order valence-electron chi connectivity index (χ3n) is 8.52. The molecule has 2 aliphatic heterocycles. The Bertz CT molecular complexity index is 1880. The summed E-state index contributed by atoms with van der Waals surface area (Å²) < 4.78 is 57.7. The third kappa shape index (κ3) is 7.45. The van der Waals surface area contributed by atoms with Gasteiger partial charge in [0.05, 0.1) is 50.5 Å². The van der Waals surface area contributed by atoms with Crippen molar-refractivity contribution in [2.75, 3.05) is 69.5 Å². The van der Waals surface area contributed by atoms with Crippen LogP contribution in [-0.2, 0) is 26.0 Å². The van der Waals surface area contributed by atoms with Gasteiger partial charge in [0.25, 0.3) is 0 Å². The number of piperidine rings is 1. The number of methoxy groups -OCH3 is 2. The lowest BCUT2D eigenvalue weighted by Gasteiger charge is -2.32. The monoisotopic (exact) mass is 664 g/mol. The fraction of sp³-hybridized carbons (Fsp3) is 0.394. The second kappa shape index (κ2) is 13.8. The van der Waals surface area contributed by atoms with Gasteiger partial charge in [-0.3, -0.25) is 9.62 Å². The molecule has 14 heteroatoms. The van der Waals surface area contributed by atoms with Crippen LogP contribution in [0.4, 0.5) is 16.0 Å². The summed E-state index contributed by atoms with van der Waals surface area (Å²) in [6.45, 7) is 4.34. The number of benzene rings is 2. The lowest BCUT2D eigenvalue weighted by Crippen LogP contribution is -2.37. The lowest BCUT2D eigenvalue weighted by atomic mass is 9.89. The molecule has 12 nitrogen and oxygen atoms in total. The number of rotatable bonds is 9. The van der Waals surface area contributed by atoms with Crippen molar-refractivity contribution in [3.63, 3.8) is 0 Å². The molecule has 0 radical (unpaired) electrons. The van der Waals surface area contributed by atoms with Crippen LogP contribution in [0.5, 0.6) is 5.88 Å². The van der Waals surface area contributed by atoms with E-state index in [0.717, 1.165) is 37.8 Å². The van der Waals surface area contributed by atoms with Gasteiger partial charge in [0, 0.05) is 36.8 Å². The molecule has 4 heterocycles. The highest BCUT2D eigenvalue weighted by Gasteiger charge is 2.25. The minimum atomic E-state index is -3.64. The van der Waals surface area contributed by atoms with Crippen LogP contribution in [0.3, 0.4) is 0 Å². The van der Waals surface area contributed by atoms with Crippen molar-refractivity contribution in [3.8, 4) is 17.1 Å². The van der Waals surface area contributed by atoms with Crippen molar-refractivity contribution >= 4 is 38.5 Å². The molecule has 1 N–H and O–H groups in total. The molecule has 0 amide bonds. The van der Waals surface area contributed by atoms with Crippen LogP contribution in [0.2, 0.25) is 0 Å². The number of nitrogens with one attached hydrogen (secondary N) is 1. The average molecular weight is 665 g/mol. The molecule has 2 aromatic carbocycles. The number of pyridine rings is 1. The highest BCUT2D eigenvalue weighted by atomic mass is 32.2. The Morgan fingerprint density at radius 1 is 1.04 bits per heavy atom. The first-order valence-corrected chi connectivity index (χ1v) is 17.3. The van der Waals surface area contributed by atoms with E-state index >= 15 is 4.39 Å². The van der Waals surface area contributed by atoms with Crippen molar-refractivity contribution in [2.24, 2.45) is 0 Å².